The molecule has 2 rings (SSSR count). The molecule has 0 saturated carbocycles. The number of carbonyl (C=O) groups excluding carboxylic acids is 2. The minimum Gasteiger partial charge on any atom is -0.369 e. The Hall–Kier alpha value is -1.10. The average Bonchev–Trinajstić information content (AvgIpc) is 2.71. The number of carbonyl (C=O) groups is 2. The Balaban J connectivity index is 1.95. The van der Waals surface area contributed by atoms with E-state index in [0.29, 0.717) is 6.42 Å². The predicted molar refractivity (Wildman–Crippen MR) is 67.0 cm³/mol. The van der Waals surface area contributed by atoms with Crippen LogP contribution in [0.4, 0.5) is 0 Å². The van der Waals surface area contributed by atoms with E-state index in [9.17, 15) is 9.59 Å². The van der Waals surface area contributed by atoms with Gasteiger partial charge in [0.05, 0.1) is 0 Å². The fourth-order valence-electron chi connectivity index (χ4n) is 2.76. The van der Waals surface area contributed by atoms with Gasteiger partial charge in [-0.3, -0.25) is 9.59 Å². The summed E-state index contributed by atoms with van der Waals surface area (Å²) in [7, 11) is 1.56. The van der Waals surface area contributed by atoms with E-state index in [-0.39, 0.29) is 17.2 Å². The van der Waals surface area contributed by atoms with Crippen LogP contribution < -0.4 is 5.32 Å². The monoisotopic (exact) mass is 254 g/mol. The van der Waals surface area contributed by atoms with Crippen LogP contribution in [0.15, 0.2) is 0 Å². The SMILES string of the molecule is COC(C)(C)C(=O)N1CCC2(CC1)CNC(=O)C2. The smallest absolute Gasteiger partial charge is 0.254 e. The summed E-state index contributed by atoms with van der Waals surface area (Å²) in [5.74, 6) is 0.184. The second-order valence-electron chi connectivity index (χ2n) is 5.96. The Kier molecular flexibility index (Phi) is 3.36. The lowest BCUT2D eigenvalue weighted by Gasteiger charge is -2.40. The van der Waals surface area contributed by atoms with Gasteiger partial charge in [-0.25, -0.2) is 0 Å². The fraction of sp³-hybridized carbons (Fsp3) is 0.846. The molecule has 0 aromatic heterocycles. The summed E-state index contributed by atoms with van der Waals surface area (Å²) in [4.78, 5) is 25.4. The first kappa shape index (κ1) is 13.3. The van der Waals surface area contributed by atoms with Crippen LogP contribution in [0.3, 0.4) is 0 Å². The van der Waals surface area contributed by atoms with Crippen LogP contribution in [-0.2, 0) is 14.3 Å². The van der Waals surface area contributed by atoms with E-state index in [1.54, 1.807) is 21.0 Å². The number of likely N-dealkylation sites (tertiary alicyclic amines) is 1. The molecular weight excluding hydrogens is 232 g/mol. The molecule has 0 unspecified atom stereocenters. The van der Waals surface area contributed by atoms with Crippen molar-refractivity contribution in [2.45, 2.75) is 38.7 Å². The summed E-state index contributed by atoms with van der Waals surface area (Å²) in [5, 5.41) is 2.90. The molecule has 1 spiro atoms. The molecule has 18 heavy (non-hydrogen) atoms. The molecule has 0 aromatic rings. The van der Waals surface area contributed by atoms with E-state index in [1.807, 2.05) is 4.90 Å². The van der Waals surface area contributed by atoms with Gasteiger partial charge >= 0.3 is 0 Å². The summed E-state index contributed by atoms with van der Waals surface area (Å²) in [6.45, 7) is 5.80. The van der Waals surface area contributed by atoms with E-state index in [2.05, 4.69) is 5.32 Å². The highest BCUT2D eigenvalue weighted by atomic mass is 16.5. The third-order valence-corrected chi connectivity index (χ3v) is 4.33. The maximum atomic E-state index is 12.2. The van der Waals surface area contributed by atoms with E-state index in [1.165, 1.54) is 0 Å². The first-order valence-corrected chi connectivity index (χ1v) is 6.50. The number of amides is 2. The number of hydrogen-bond donors (Lipinski definition) is 1. The van der Waals surface area contributed by atoms with E-state index in [0.717, 1.165) is 32.5 Å². The second-order valence-corrected chi connectivity index (χ2v) is 5.96. The third-order valence-electron chi connectivity index (χ3n) is 4.33. The van der Waals surface area contributed by atoms with Gasteiger partial charge < -0.3 is 15.0 Å². The number of piperidine rings is 1. The molecule has 0 bridgehead atoms. The van der Waals surface area contributed by atoms with Crippen molar-refractivity contribution in [1.82, 2.24) is 10.2 Å². The van der Waals surface area contributed by atoms with Crippen LogP contribution in [0, 0.1) is 5.41 Å². The Morgan fingerprint density at radius 2 is 2.00 bits per heavy atom. The van der Waals surface area contributed by atoms with Gasteiger partial charge in [0.15, 0.2) is 0 Å². The lowest BCUT2D eigenvalue weighted by Crippen LogP contribution is -2.51. The predicted octanol–water partition coefficient (Wildman–Crippen LogP) is 0.540. The van der Waals surface area contributed by atoms with Crippen LogP contribution in [-0.4, -0.2) is 49.1 Å². The van der Waals surface area contributed by atoms with E-state index in [4.69, 9.17) is 4.74 Å². The maximum absolute atomic E-state index is 12.2. The lowest BCUT2D eigenvalue weighted by atomic mass is 9.77. The van der Waals surface area contributed by atoms with Crippen molar-refractivity contribution in [3.63, 3.8) is 0 Å². The summed E-state index contributed by atoms with van der Waals surface area (Å²) in [5.41, 5.74) is -0.667. The molecule has 5 nitrogen and oxygen atoms in total. The molecule has 102 valence electrons. The number of nitrogens with one attached hydrogen (secondary N) is 1. The molecule has 0 aliphatic carbocycles. The van der Waals surface area contributed by atoms with Crippen molar-refractivity contribution in [3.8, 4) is 0 Å². The second kappa shape index (κ2) is 4.53. The summed E-state index contributed by atoms with van der Waals surface area (Å²) >= 11 is 0. The minimum atomic E-state index is -0.756. The Morgan fingerprint density at radius 1 is 1.39 bits per heavy atom. The highest BCUT2D eigenvalue weighted by Gasteiger charge is 2.43. The highest BCUT2D eigenvalue weighted by Crippen LogP contribution is 2.37. The van der Waals surface area contributed by atoms with Crippen molar-refractivity contribution in [2.24, 2.45) is 5.41 Å². The van der Waals surface area contributed by atoms with Crippen molar-refractivity contribution >= 4 is 11.8 Å². The number of ether oxygens (including phenoxy) is 1. The van der Waals surface area contributed by atoms with E-state index < -0.39 is 5.60 Å². The van der Waals surface area contributed by atoms with Gasteiger partial charge in [0.2, 0.25) is 5.91 Å². The Morgan fingerprint density at radius 3 is 2.44 bits per heavy atom. The molecule has 2 aliphatic rings. The fourth-order valence-corrected chi connectivity index (χ4v) is 2.76. The lowest BCUT2D eigenvalue weighted by molar-refractivity contribution is -0.153. The molecule has 5 heteroatoms. The molecule has 2 heterocycles. The zero-order chi connectivity index (χ0) is 13.4. The largest absolute Gasteiger partial charge is 0.369 e. The molecule has 0 aromatic carbocycles. The minimum absolute atomic E-state index is 0.0390. The van der Waals surface area contributed by atoms with Crippen molar-refractivity contribution in [3.05, 3.63) is 0 Å². The highest BCUT2D eigenvalue weighted by molar-refractivity contribution is 5.84. The molecule has 2 amide bonds. The summed E-state index contributed by atoms with van der Waals surface area (Å²) < 4.78 is 5.23. The van der Waals surface area contributed by atoms with Gasteiger partial charge in [-0.2, -0.15) is 0 Å². The Bertz CT molecular complexity index is 357. The standard InChI is InChI=1S/C13H22N2O3/c1-12(2,18-3)11(17)15-6-4-13(5-7-15)8-10(16)14-9-13/h4-9H2,1-3H3,(H,14,16). The van der Waals surface area contributed by atoms with Crippen molar-refractivity contribution < 1.29 is 14.3 Å². The molecular formula is C13H22N2O3. The molecule has 2 aliphatic heterocycles. The first-order valence-electron chi connectivity index (χ1n) is 6.50. The van der Waals surface area contributed by atoms with Gasteiger partial charge in [0.1, 0.15) is 5.60 Å². The molecule has 1 N–H and O–H groups in total. The summed E-state index contributed by atoms with van der Waals surface area (Å²) in [6.07, 6.45) is 2.41. The molecule has 2 fully saturated rings. The average molecular weight is 254 g/mol. The zero-order valence-corrected chi connectivity index (χ0v) is 11.4. The van der Waals surface area contributed by atoms with Crippen LogP contribution in [0.5, 0.6) is 0 Å². The van der Waals surface area contributed by atoms with Gasteiger partial charge in [0.25, 0.3) is 5.91 Å². The van der Waals surface area contributed by atoms with Crippen molar-refractivity contribution in [2.75, 3.05) is 26.7 Å². The van der Waals surface area contributed by atoms with E-state index >= 15 is 0 Å². The third kappa shape index (κ3) is 2.36. The zero-order valence-electron chi connectivity index (χ0n) is 11.4. The molecule has 0 atom stereocenters. The van der Waals surface area contributed by atoms with Gasteiger partial charge in [-0.15, -0.1) is 0 Å². The Labute approximate surface area is 108 Å². The van der Waals surface area contributed by atoms with Crippen LogP contribution >= 0.6 is 0 Å². The van der Waals surface area contributed by atoms with Crippen LogP contribution in [0.2, 0.25) is 0 Å². The number of methoxy groups -OCH3 is 1. The van der Waals surface area contributed by atoms with Crippen LogP contribution in [0.1, 0.15) is 33.1 Å². The topological polar surface area (TPSA) is 58.6 Å². The molecule has 2 saturated heterocycles. The van der Waals surface area contributed by atoms with Crippen molar-refractivity contribution in [1.29, 1.82) is 0 Å². The molecule has 0 radical (unpaired) electrons. The van der Waals surface area contributed by atoms with Crippen LogP contribution in [0.25, 0.3) is 0 Å². The summed E-state index contributed by atoms with van der Waals surface area (Å²) in [6, 6.07) is 0. The first-order chi connectivity index (χ1) is 8.38. The van der Waals surface area contributed by atoms with Gasteiger partial charge in [-0.05, 0) is 32.1 Å². The van der Waals surface area contributed by atoms with Gasteiger partial charge in [0, 0.05) is 33.2 Å². The number of rotatable bonds is 2. The van der Waals surface area contributed by atoms with Gasteiger partial charge in [-0.1, -0.05) is 0 Å². The quantitative estimate of drug-likeness (QED) is 0.782. The number of hydrogen-bond acceptors (Lipinski definition) is 3. The normalized spacial score (nSPS) is 23.3. The number of nitrogens with zero attached hydrogens (tertiary/aromatic N) is 1. The maximum Gasteiger partial charge on any atom is 0.254 e.